The molecule has 2 aromatic carbocycles. The third kappa shape index (κ3) is 5.15. The fourth-order valence-corrected chi connectivity index (χ4v) is 6.23. The lowest BCUT2D eigenvalue weighted by Crippen LogP contribution is -2.40. The summed E-state index contributed by atoms with van der Waals surface area (Å²) >= 11 is 1.43. The van der Waals surface area contributed by atoms with Crippen LogP contribution in [0.25, 0.3) is 0 Å². The third-order valence-corrected chi connectivity index (χ3v) is 8.03. The lowest BCUT2D eigenvalue weighted by atomic mass is 9.84. The van der Waals surface area contributed by atoms with E-state index < -0.39 is 0 Å². The van der Waals surface area contributed by atoms with Gasteiger partial charge in [0.05, 0.1) is 11.3 Å². The van der Waals surface area contributed by atoms with Crippen LogP contribution in [0.3, 0.4) is 0 Å². The molecule has 2 saturated carbocycles. The average Bonchev–Trinajstić information content (AvgIpc) is 3.42. The van der Waals surface area contributed by atoms with Gasteiger partial charge in [-0.3, -0.25) is 9.59 Å². The monoisotopic (exact) mass is 436 g/mol. The number of carbonyl (C=O) groups excluding carboxylic acids is 2. The molecule has 2 bridgehead atoms. The molecule has 0 aromatic heterocycles. The van der Waals surface area contributed by atoms with Crippen molar-refractivity contribution in [3.63, 3.8) is 0 Å². The van der Waals surface area contributed by atoms with E-state index in [-0.39, 0.29) is 17.9 Å². The highest BCUT2D eigenvalue weighted by atomic mass is 32.2. The molecular formula is C26H32N2O2S. The van der Waals surface area contributed by atoms with Gasteiger partial charge in [-0.05, 0) is 74.1 Å². The Balaban J connectivity index is 1.35. The topological polar surface area (TPSA) is 58.2 Å². The Morgan fingerprint density at radius 2 is 1.84 bits per heavy atom. The maximum absolute atomic E-state index is 12.9. The van der Waals surface area contributed by atoms with E-state index in [1.165, 1.54) is 37.4 Å². The summed E-state index contributed by atoms with van der Waals surface area (Å²) < 4.78 is 0. The fourth-order valence-electron chi connectivity index (χ4n) is 5.37. The Labute approximate surface area is 189 Å². The molecule has 2 amide bonds. The van der Waals surface area contributed by atoms with Crippen molar-refractivity contribution in [1.29, 1.82) is 0 Å². The van der Waals surface area contributed by atoms with Gasteiger partial charge in [0, 0.05) is 16.6 Å². The van der Waals surface area contributed by atoms with Crippen molar-refractivity contribution in [2.75, 3.05) is 11.1 Å². The van der Waals surface area contributed by atoms with Crippen molar-refractivity contribution in [3.8, 4) is 0 Å². The molecule has 31 heavy (non-hydrogen) atoms. The van der Waals surface area contributed by atoms with Crippen molar-refractivity contribution in [2.24, 2.45) is 17.8 Å². The zero-order valence-corrected chi connectivity index (χ0v) is 19.2. The summed E-state index contributed by atoms with van der Waals surface area (Å²) in [7, 11) is 0. The lowest BCUT2D eigenvalue weighted by molar-refractivity contribution is -0.119. The Hall–Kier alpha value is -2.27. The van der Waals surface area contributed by atoms with Gasteiger partial charge < -0.3 is 10.6 Å². The molecule has 2 aromatic rings. The van der Waals surface area contributed by atoms with Crippen LogP contribution in [-0.4, -0.2) is 23.6 Å². The molecule has 164 valence electrons. The first-order valence-electron chi connectivity index (χ1n) is 11.5. The number of aryl methyl sites for hydroxylation is 1. The van der Waals surface area contributed by atoms with Crippen LogP contribution in [0.2, 0.25) is 0 Å². The zero-order valence-electron chi connectivity index (χ0n) is 18.4. The van der Waals surface area contributed by atoms with Gasteiger partial charge in [-0.1, -0.05) is 43.7 Å². The van der Waals surface area contributed by atoms with Crippen LogP contribution in [0, 0.1) is 17.8 Å². The molecule has 5 heteroatoms. The minimum absolute atomic E-state index is 0.0480. The zero-order chi connectivity index (χ0) is 21.8. The van der Waals surface area contributed by atoms with Gasteiger partial charge in [0.1, 0.15) is 0 Å². The van der Waals surface area contributed by atoms with Gasteiger partial charge in [-0.25, -0.2) is 0 Å². The smallest absolute Gasteiger partial charge is 0.256 e. The Morgan fingerprint density at radius 3 is 2.58 bits per heavy atom. The summed E-state index contributed by atoms with van der Waals surface area (Å²) in [6.45, 7) is 4.23. The normalized spacial score (nSPS) is 22.8. The van der Waals surface area contributed by atoms with E-state index in [1.807, 2.05) is 48.5 Å². The number of amides is 2. The number of nitrogens with one attached hydrogen (secondary N) is 2. The number of carbonyl (C=O) groups is 2. The number of hydrogen-bond donors (Lipinski definition) is 2. The van der Waals surface area contributed by atoms with Crippen LogP contribution in [0.4, 0.5) is 5.69 Å². The number of anilines is 1. The minimum Gasteiger partial charge on any atom is -0.353 e. The SMILES string of the molecule is CCc1ccccc1NC(=O)c1ccccc1SCC(=O)N[C@H](C)[C@H]1C[C@H]2CC[C@H]1C2. The summed E-state index contributed by atoms with van der Waals surface area (Å²) in [6.07, 6.45) is 6.17. The van der Waals surface area contributed by atoms with Gasteiger partial charge in [0.2, 0.25) is 5.91 Å². The summed E-state index contributed by atoms with van der Waals surface area (Å²) in [5.74, 6) is 2.53. The summed E-state index contributed by atoms with van der Waals surface area (Å²) in [6, 6.07) is 15.6. The molecule has 0 spiro atoms. The van der Waals surface area contributed by atoms with Gasteiger partial charge in [0.25, 0.3) is 5.91 Å². The quantitative estimate of drug-likeness (QED) is 0.535. The van der Waals surface area contributed by atoms with Gasteiger partial charge in [-0.2, -0.15) is 0 Å². The van der Waals surface area contributed by atoms with E-state index in [0.717, 1.165) is 34.4 Å². The van der Waals surface area contributed by atoms with E-state index in [2.05, 4.69) is 24.5 Å². The minimum atomic E-state index is -0.139. The van der Waals surface area contributed by atoms with E-state index in [4.69, 9.17) is 0 Å². The fraction of sp³-hybridized carbons (Fsp3) is 0.462. The highest BCUT2D eigenvalue weighted by molar-refractivity contribution is 8.00. The van der Waals surface area contributed by atoms with Gasteiger partial charge >= 0.3 is 0 Å². The molecule has 0 unspecified atom stereocenters. The molecule has 4 rings (SSSR count). The Morgan fingerprint density at radius 1 is 1.06 bits per heavy atom. The summed E-state index contributed by atoms with van der Waals surface area (Å²) in [5.41, 5.74) is 2.55. The van der Waals surface area contributed by atoms with E-state index in [9.17, 15) is 9.59 Å². The summed E-state index contributed by atoms with van der Waals surface area (Å²) in [5, 5.41) is 6.26. The van der Waals surface area contributed by atoms with Crippen molar-refractivity contribution >= 4 is 29.3 Å². The van der Waals surface area contributed by atoms with Crippen molar-refractivity contribution in [1.82, 2.24) is 5.32 Å². The second-order valence-electron chi connectivity index (χ2n) is 8.94. The van der Waals surface area contributed by atoms with Crippen LogP contribution in [0.5, 0.6) is 0 Å². The first kappa shape index (κ1) is 21.9. The van der Waals surface area contributed by atoms with Crippen molar-refractivity contribution < 1.29 is 9.59 Å². The first-order valence-corrected chi connectivity index (χ1v) is 12.4. The second kappa shape index (κ2) is 9.90. The summed E-state index contributed by atoms with van der Waals surface area (Å²) in [4.78, 5) is 26.4. The number of hydrogen-bond acceptors (Lipinski definition) is 3. The highest BCUT2D eigenvalue weighted by Gasteiger charge is 2.42. The molecule has 0 radical (unpaired) electrons. The van der Waals surface area contributed by atoms with E-state index in [1.54, 1.807) is 0 Å². The number of benzene rings is 2. The Bertz CT molecular complexity index is 945. The number of rotatable bonds is 8. The van der Waals surface area contributed by atoms with Crippen LogP contribution < -0.4 is 10.6 Å². The van der Waals surface area contributed by atoms with E-state index >= 15 is 0 Å². The first-order chi connectivity index (χ1) is 15.0. The molecule has 2 aliphatic rings. The molecule has 0 saturated heterocycles. The molecule has 4 nitrogen and oxygen atoms in total. The van der Waals surface area contributed by atoms with Crippen molar-refractivity contribution in [2.45, 2.75) is 56.9 Å². The number of thioether (sulfide) groups is 1. The predicted molar refractivity (Wildman–Crippen MR) is 127 cm³/mol. The molecular weight excluding hydrogens is 404 g/mol. The molecule has 2 N–H and O–H groups in total. The molecule has 0 aliphatic heterocycles. The second-order valence-corrected chi connectivity index (χ2v) is 9.96. The Kier molecular flexibility index (Phi) is 7.01. The average molecular weight is 437 g/mol. The van der Waals surface area contributed by atoms with Crippen molar-refractivity contribution in [3.05, 3.63) is 59.7 Å². The maximum atomic E-state index is 12.9. The highest BCUT2D eigenvalue weighted by Crippen LogP contribution is 2.49. The molecule has 0 heterocycles. The van der Waals surface area contributed by atoms with Crippen LogP contribution >= 0.6 is 11.8 Å². The van der Waals surface area contributed by atoms with Crippen LogP contribution in [0.1, 0.15) is 55.5 Å². The van der Waals surface area contributed by atoms with Gasteiger partial charge in [-0.15, -0.1) is 11.8 Å². The molecule has 2 aliphatic carbocycles. The number of fused-ring (bicyclic) bond motifs is 2. The third-order valence-electron chi connectivity index (χ3n) is 6.96. The lowest BCUT2D eigenvalue weighted by Gasteiger charge is -2.28. The van der Waals surface area contributed by atoms with Gasteiger partial charge in [0.15, 0.2) is 0 Å². The number of para-hydroxylation sites is 1. The van der Waals surface area contributed by atoms with Crippen LogP contribution in [0.15, 0.2) is 53.4 Å². The molecule has 2 fully saturated rings. The molecule has 4 atom stereocenters. The predicted octanol–water partition coefficient (Wildman–Crippen LogP) is 5.53. The maximum Gasteiger partial charge on any atom is 0.256 e. The largest absolute Gasteiger partial charge is 0.353 e. The van der Waals surface area contributed by atoms with E-state index in [0.29, 0.717) is 17.2 Å². The van der Waals surface area contributed by atoms with Crippen LogP contribution in [-0.2, 0) is 11.2 Å². The standard InChI is InChI=1S/C26H32N2O2S/c1-3-19-8-4-6-10-23(19)28-26(30)21-9-5-7-11-24(21)31-16-25(29)27-17(2)22-15-18-12-13-20(22)14-18/h4-11,17-18,20,22H,3,12-16H2,1-2H3,(H,27,29)(H,28,30)/t17-,18+,20+,22-/m1/s1.